The van der Waals surface area contributed by atoms with Gasteiger partial charge in [0.25, 0.3) is 0 Å². The number of nitrogens with zero attached hydrogens (tertiary/aromatic N) is 1. The highest BCUT2D eigenvalue weighted by Gasteiger charge is 2.15. The first-order valence-corrected chi connectivity index (χ1v) is 16.3. The Balaban J connectivity index is 1.52. The van der Waals surface area contributed by atoms with Gasteiger partial charge in [0.15, 0.2) is 0 Å². The van der Waals surface area contributed by atoms with Gasteiger partial charge >= 0.3 is 11.9 Å². The number of aryl methyl sites for hydroxylation is 2. The lowest BCUT2D eigenvalue weighted by atomic mass is 9.93. The number of carbonyl (C=O) groups is 2. The van der Waals surface area contributed by atoms with Crippen molar-refractivity contribution in [2.45, 2.75) is 39.9 Å². The van der Waals surface area contributed by atoms with Gasteiger partial charge in [0.1, 0.15) is 12.2 Å². The fourth-order valence-corrected chi connectivity index (χ4v) is 5.50. The summed E-state index contributed by atoms with van der Waals surface area (Å²) in [7, 11) is 0. The van der Waals surface area contributed by atoms with Gasteiger partial charge in [0.05, 0.1) is 0 Å². The summed E-state index contributed by atoms with van der Waals surface area (Å²) in [6.45, 7) is 14.8. The van der Waals surface area contributed by atoms with E-state index in [0.29, 0.717) is 0 Å². The van der Waals surface area contributed by atoms with Gasteiger partial charge in [0.2, 0.25) is 0 Å². The number of hydrogen-bond acceptors (Lipinski definition) is 5. The molecular formula is C44H41NO4. The first kappa shape index (κ1) is 34.4. The van der Waals surface area contributed by atoms with Gasteiger partial charge in [-0.3, -0.25) is 0 Å². The van der Waals surface area contributed by atoms with Crippen molar-refractivity contribution < 1.29 is 19.1 Å². The van der Waals surface area contributed by atoms with Crippen LogP contribution in [0.1, 0.15) is 65.0 Å². The number of hydrogen-bond donors (Lipinski definition) is 0. The maximum atomic E-state index is 11.8. The minimum atomic E-state index is -0.461. The molecule has 0 aliphatic heterocycles. The van der Waals surface area contributed by atoms with Crippen LogP contribution < -0.4 is 4.90 Å². The number of anilines is 3. The van der Waals surface area contributed by atoms with Gasteiger partial charge in [-0.25, -0.2) is 9.59 Å². The summed E-state index contributed by atoms with van der Waals surface area (Å²) in [6, 6.07) is 41.7. The normalized spacial score (nSPS) is 11.8. The lowest BCUT2D eigenvalue weighted by Crippen LogP contribution is -2.09. The summed E-state index contributed by atoms with van der Waals surface area (Å²) in [5, 5.41) is 0. The van der Waals surface area contributed by atoms with Crippen LogP contribution in [0.4, 0.5) is 17.1 Å². The van der Waals surface area contributed by atoms with Crippen LogP contribution in [0.5, 0.6) is 0 Å². The first-order valence-electron chi connectivity index (χ1n) is 16.3. The van der Waals surface area contributed by atoms with Crippen LogP contribution in [0, 0.1) is 13.8 Å². The zero-order chi connectivity index (χ0) is 34.9. The van der Waals surface area contributed by atoms with Crippen LogP contribution >= 0.6 is 0 Å². The van der Waals surface area contributed by atoms with Crippen LogP contribution in [0.25, 0.3) is 11.6 Å². The van der Waals surface area contributed by atoms with E-state index in [9.17, 15) is 9.59 Å². The molecule has 0 fully saturated rings. The van der Waals surface area contributed by atoms with Crippen molar-refractivity contribution in [1.29, 1.82) is 0 Å². The summed E-state index contributed by atoms with van der Waals surface area (Å²) in [4.78, 5) is 25.8. The Kier molecular flexibility index (Phi) is 11.1. The molecule has 5 aromatic carbocycles. The molecule has 0 saturated heterocycles. The van der Waals surface area contributed by atoms with Crippen molar-refractivity contribution >= 4 is 40.6 Å². The highest BCUT2D eigenvalue weighted by Crippen LogP contribution is 2.36. The molecule has 0 heterocycles. The fraction of sp³-hybridized carbons (Fsp3) is 0.136. The molecule has 5 heteroatoms. The van der Waals surface area contributed by atoms with Crippen molar-refractivity contribution in [3.63, 3.8) is 0 Å². The Bertz CT molecular complexity index is 1820. The molecule has 0 aliphatic rings. The SMILES string of the molecule is C=CC(=O)OC(C)c1ccc(C(=Cc2ccc(N(c3ccc(C)cc3)c3ccc(C)cc3)cc2)c2ccc(C(C)OC(=O)C=C)cc2)cc1. The van der Waals surface area contributed by atoms with E-state index >= 15 is 0 Å². The first-order chi connectivity index (χ1) is 23.6. The number of carbonyl (C=O) groups excluding carboxylic acids is 2. The maximum Gasteiger partial charge on any atom is 0.330 e. The van der Waals surface area contributed by atoms with Crippen LogP contribution in [-0.2, 0) is 19.1 Å². The molecule has 5 aromatic rings. The average Bonchev–Trinajstić information content (AvgIpc) is 3.13. The second-order valence-corrected chi connectivity index (χ2v) is 12.0. The smallest absolute Gasteiger partial charge is 0.330 e. The summed E-state index contributed by atoms with van der Waals surface area (Å²) in [5.41, 5.74) is 11.4. The second kappa shape index (κ2) is 15.8. The standard InChI is InChI=1S/C44H41NO4/c1-7-43(46)48-32(5)35-15-19-37(20-16-35)42(38-21-17-36(18-22-38)33(6)49-44(47)8-2)29-34-13-27-41(28-14-34)45(39-23-9-30(3)10-24-39)40-25-11-31(4)12-26-40/h7-29,32-33H,1-2H2,3-6H3. The van der Waals surface area contributed by atoms with Crippen molar-refractivity contribution in [1.82, 2.24) is 0 Å². The largest absolute Gasteiger partial charge is 0.455 e. The van der Waals surface area contributed by atoms with Gasteiger partial charge in [0, 0.05) is 29.2 Å². The molecule has 246 valence electrons. The Morgan fingerprint density at radius 3 is 1.24 bits per heavy atom. The van der Waals surface area contributed by atoms with Crippen molar-refractivity contribution in [3.05, 3.63) is 186 Å². The number of benzene rings is 5. The second-order valence-electron chi connectivity index (χ2n) is 12.0. The summed E-state index contributed by atoms with van der Waals surface area (Å²) in [6.07, 6.45) is 3.67. The number of esters is 2. The van der Waals surface area contributed by atoms with Crippen molar-refractivity contribution in [3.8, 4) is 0 Å². The monoisotopic (exact) mass is 647 g/mol. The predicted molar refractivity (Wildman–Crippen MR) is 200 cm³/mol. The van der Waals surface area contributed by atoms with Crippen LogP contribution in [0.15, 0.2) is 147 Å². The third kappa shape index (κ3) is 8.70. The van der Waals surface area contributed by atoms with E-state index < -0.39 is 24.1 Å². The zero-order valence-electron chi connectivity index (χ0n) is 28.4. The molecule has 0 N–H and O–H groups in total. The molecular weight excluding hydrogens is 606 g/mol. The topological polar surface area (TPSA) is 55.8 Å². The third-order valence-corrected chi connectivity index (χ3v) is 8.35. The van der Waals surface area contributed by atoms with E-state index in [1.54, 1.807) is 0 Å². The third-order valence-electron chi connectivity index (χ3n) is 8.35. The van der Waals surface area contributed by atoms with E-state index in [4.69, 9.17) is 9.47 Å². The highest BCUT2D eigenvalue weighted by molar-refractivity contribution is 5.92. The molecule has 0 radical (unpaired) electrons. The van der Waals surface area contributed by atoms with Gasteiger partial charge in [-0.2, -0.15) is 0 Å². The Morgan fingerprint density at radius 1 is 0.551 bits per heavy atom. The molecule has 2 atom stereocenters. The van der Waals surface area contributed by atoms with Gasteiger partial charge < -0.3 is 14.4 Å². The van der Waals surface area contributed by atoms with Crippen LogP contribution in [0.3, 0.4) is 0 Å². The molecule has 5 nitrogen and oxygen atoms in total. The fourth-order valence-electron chi connectivity index (χ4n) is 5.50. The molecule has 0 spiro atoms. The maximum absolute atomic E-state index is 11.8. The molecule has 5 rings (SSSR count). The lowest BCUT2D eigenvalue weighted by molar-refractivity contribution is -0.143. The van der Waals surface area contributed by atoms with Gasteiger partial charge in [-0.05, 0) is 104 Å². The van der Waals surface area contributed by atoms with Crippen molar-refractivity contribution in [2.75, 3.05) is 4.90 Å². The minimum Gasteiger partial charge on any atom is -0.455 e. The van der Waals surface area contributed by atoms with E-state index in [-0.39, 0.29) is 0 Å². The van der Waals surface area contributed by atoms with E-state index in [1.807, 2.05) is 62.4 Å². The Morgan fingerprint density at radius 2 is 0.898 bits per heavy atom. The van der Waals surface area contributed by atoms with Crippen LogP contribution in [0.2, 0.25) is 0 Å². The van der Waals surface area contributed by atoms with Gasteiger partial charge in [-0.1, -0.05) is 109 Å². The molecule has 0 amide bonds. The number of ether oxygens (including phenoxy) is 2. The van der Waals surface area contributed by atoms with E-state index in [1.165, 1.54) is 23.3 Å². The molecule has 0 aliphatic carbocycles. The summed E-state index contributed by atoms with van der Waals surface area (Å²) >= 11 is 0. The van der Waals surface area contributed by atoms with E-state index in [0.717, 1.165) is 50.5 Å². The summed E-state index contributed by atoms with van der Waals surface area (Å²) < 4.78 is 10.9. The quantitative estimate of drug-likeness (QED) is 0.0766. The average molecular weight is 648 g/mol. The highest BCUT2D eigenvalue weighted by atomic mass is 16.5. The predicted octanol–water partition coefficient (Wildman–Crippen LogP) is 10.9. The number of rotatable bonds is 12. The minimum absolute atomic E-state index is 0.413. The molecule has 0 saturated carbocycles. The molecule has 0 aromatic heterocycles. The summed E-state index contributed by atoms with van der Waals surface area (Å²) in [5.74, 6) is -0.922. The van der Waals surface area contributed by atoms with Crippen molar-refractivity contribution in [2.24, 2.45) is 0 Å². The lowest BCUT2D eigenvalue weighted by Gasteiger charge is -2.26. The Labute approximate surface area is 289 Å². The van der Waals surface area contributed by atoms with Crippen LogP contribution in [-0.4, -0.2) is 11.9 Å². The molecule has 0 bridgehead atoms. The Hall–Kier alpha value is -5.94. The van der Waals surface area contributed by atoms with Gasteiger partial charge in [-0.15, -0.1) is 0 Å². The molecule has 2 unspecified atom stereocenters. The zero-order valence-corrected chi connectivity index (χ0v) is 28.4. The van der Waals surface area contributed by atoms with E-state index in [2.05, 4.69) is 111 Å². The molecule has 49 heavy (non-hydrogen) atoms.